The lowest BCUT2D eigenvalue weighted by molar-refractivity contribution is -0.162. The average molecular weight is 920 g/mol. The van der Waals surface area contributed by atoms with E-state index < -0.39 is 6.10 Å². The molecule has 5 nitrogen and oxygen atoms in total. The van der Waals surface area contributed by atoms with Crippen LogP contribution in [0.3, 0.4) is 0 Å². The molecule has 1 atom stereocenters. The average Bonchev–Trinajstić information content (AvgIpc) is 3.32. The molecule has 0 aliphatic heterocycles. The first-order chi connectivity index (χ1) is 32.6. The molecule has 0 aliphatic carbocycles. The van der Waals surface area contributed by atoms with E-state index in [1.165, 1.54) is 154 Å². The molecule has 1 unspecified atom stereocenters. The second kappa shape index (κ2) is 56.4. The molecule has 0 heterocycles. The molecule has 0 N–H and O–H groups in total. The first kappa shape index (κ1) is 63.1. The Balaban J connectivity index is 4.37. The van der Waals surface area contributed by atoms with Crippen LogP contribution < -0.4 is 0 Å². The van der Waals surface area contributed by atoms with Crippen molar-refractivity contribution in [2.75, 3.05) is 19.8 Å². The minimum atomic E-state index is -0.581. The van der Waals surface area contributed by atoms with E-state index in [4.69, 9.17) is 14.2 Å². The second-order valence-electron chi connectivity index (χ2n) is 18.5. The number of hydrogen-bond donors (Lipinski definition) is 0. The summed E-state index contributed by atoms with van der Waals surface area (Å²) in [6.45, 7) is 7.50. The topological polar surface area (TPSA) is 61.8 Å². The van der Waals surface area contributed by atoms with Crippen molar-refractivity contribution >= 4 is 11.9 Å². The van der Waals surface area contributed by atoms with E-state index in [0.29, 0.717) is 19.4 Å². The molecular formula is C61H106O5. The Kier molecular flexibility index (Phi) is 53.9. The van der Waals surface area contributed by atoms with Gasteiger partial charge in [-0.15, -0.1) is 0 Å². The van der Waals surface area contributed by atoms with Gasteiger partial charge in [0.2, 0.25) is 0 Å². The van der Waals surface area contributed by atoms with Crippen molar-refractivity contribution in [2.45, 2.75) is 271 Å². The zero-order chi connectivity index (χ0) is 47.7. The molecule has 0 amide bonds. The van der Waals surface area contributed by atoms with Gasteiger partial charge in [0.05, 0.1) is 13.2 Å². The minimum Gasteiger partial charge on any atom is -0.462 e. The van der Waals surface area contributed by atoms with Crippen LogP contribution in [0.15, 0.2) is 85.1 Å². The van der Waals surface area contributed by atoms with E-state index in [0.717, 1.165) is 77.0 Å². The van der Waals surface area contributed by atoms with Crippen molar-refractivity contribution in [3.8, 4) is 0 Å². The second-order valence-corrected chi connectivity index (χ2v) is 18.5. The van der Waals surface area contributed by atoms with Crippen LogP contribution in [0.25, 0.3) is 0 Å². The molecule has 0 aromatic carbocycles. The molecule has 0 aromatic rings. The molecule has 0 bridgehead atoms. The van der Waals surface area contributed by atoms with E-state index >= 15 is 0 Å². The van der Waals surface area contributed by atoms with Crippen molar-refractivity contribution in [3.63, 3.8) is 0 Å². The highest BCUT2D eigenvalue weighted by atomic mass is 16.6. The molecule has 0 radical (unpaired) electrons. The summed E-state index contributed by atoms with van der Waals surface area (Å²) in [6.07, 6.45) is 74.8. The fraction of sp³-hybridized carbons (Fsp3) is 0.738. The summed E-state index contributed by atoms with van der Waals surface area (Å²) in [5.41, 5.74) is 0. The van der Waals surface area contributed by atoms with Gasteiger partial charge in [0.1, 0.15) is 6.61 Å². The highest BCUT2D eigenvalue weighted by Gasteiger charge is 2.17. The molecular weight excluding hydrogens is 813 g/mol. The van der Waals surface area contributed by atoms with Gasteiger partial charge in [-0.3, -0.25) is 9.59 Å². The van der Waals surface area contributed by atoms with Crippen molar-refractivity contribution in [2.24, 2.45) is 0 Å². The van der Waals surface area contributed by atoms with Gasteiger partial charge in [-0.1, -0.05) is 254 Å². The summed E-state index contributed by atoms with van der Waals surface area (Å²) >= 11 is 0. The highest BCUT2D eigenvalue weighted by Crippen LogP contribution is 2.16. The molecule has 66 heavy (non-hydrogen) atoms. The van der Waals surface area contributed by atoms with Crippen LogP contribution in [0, 0.1) is 0 Å². The van der Waals surface area contributed by atoms with Gasteiger partial charge in [0.15, 0.2) is 6.10 Å². The van der Waals surface area contributed by atoms with Gasteiger partial charge in [0, 0.05) is 12.8 Å². The SMILES string of the molecule is CC/C=C\C/C=C\C/C=C\C/C=C\C/C=C\CCOCC(COC(=O)CCCCCCCCC/C=C\C/C=C\CCCCC)OC(=O)CCCCCCCCCCCCCCCCCCC. The summed E-state index contributed by atoms with van der Waals surface area (Å²) in [7, 11) is 0. The Hall–Kier alpha value is -2.92. The number of carbonyl (C=O) groups excluding carboxylic acids is 2. The maximum atomic E-state index is 12.8. The molecule has 0 rings (SSSR count). The van der Waals surface area contributed by atoms with E-state index in [1.54, 1.807) is 0 Å². The predicted molar refractivity (Wildman–Crippen MR) is 288 cm³/mol. The molecule has 0 fully saturated rings. The maximum absolute atomic E-state index is 12.8. The first-order valence-corrected chi connectivity index (χ1v) is 28.1. The quantitative estimate of drug-likeness (QED) is 0.0346. The van der Waals surface area contributed by atoms with Crippen molar-refractivity contribution in [1.29, 1.82) is 0 Å². The van der Waals surface area contributed by atoms with Crippen LogP contribution >= 0.6 is 0 Å². The van der Waals surface area contributed by atoms with Crippen molar-refractivity contribution < 1.29 is 23.8 Å². The number of hydrogen-bond acceptors (Lipinski definition) is 5. The van der Waals surface area contributed by atoms with Crippen molar-refractivity contribution in [3.05, 3.63) is 85.1 Å². The fourth-order valence-corrected chi connectivity index (χ4v) is 7.78. The monoisotopic (exact) mass is 919 g/mol. The molecule has 0 aromatic heterocycles. The van der Waals surface area contributed by atoms with Gasteiger partial charge < -0.3 is 14.2 Å². The molecule has 0 saturated heterocycles. The Labute approximate surface area is 409 Å². The fourth-order valence-electron chi connectivity index (χ4n) is 7.78. The van der Waals surface area contributed by atoms with E-state index in [-0.39, 0.29) is 25.2 Å². The van der Waals surface area contributed by atoms with Crippen LogP contribution in [0.5, 0.6) is 0 Å². The maximum Gasteiger partial charge on any atom is 0.306 e. The van der Waals surface area contributed by atoms with Crippen LogP contribution in [0.1, 0.15) is 265 Å². The first-order valence-electron chi connectivity index (χ1n) is 28.1. The van der Waals surface area contributed by atoms with E-state index in [9.17, 15) is 9.59 Å². The lowest BCUT2D eigenvalue weighted by atomic mass is 10.0. The Bertz CT molecular complexity index is 1220. The Morgan fingerprint density at radius 2 is 0.682 bits per heavy atom. The summed E-state index contributed by atoms with van der Waals surface area (Å²) in [4.78, 5) is 25.5. The number of ether oxygens (including phenoxy) is 3. The summed E-state index contributed by atoms with van der Waals surface area (Å²) < 4.78 is 17.4. The normalized spacial score (nSPS) is 12.8. The van der Waals surface area contributed by atoms with Crippen LogP contribution in [0.2, 0.25) is 0 Å². The standard InChI is InChI=1S/C61H106O5/c1-4-7-10-13-16-19-22-25-28-31-33-36-39-42-45-48-51-54-60(62)65-58-59(57-64-56-53-50-47-44-41-38-35-30-27-24-21-18-15-12-9-6-3)66-61(63)55-52-49-46-43-40-37-34-32-29-26-23-20-17-14-11-8-5-2/h9,12,16,18-19,21,25,27-28,30,38,41,47,50,59H,4-8,10-11,13-15,17,20,22-24,26,29,31-37,39-40,42-46,48-49,51-58H2,1-3H3/b12-9-,19-16-,21-18-,28-25-,30-27-,41-38-,50-47-. The number of unbranched alkanes of at least 4 members (excludes halogenated alkanes) is 26. The lowest BCUT2D eigenvalue weighted by Gasteiger charge is -2.18. The Morgan fingerprint density at radius 3 is 1.12 bits per heavy atom. The Morgan fingerprint density at radius 1 is 0.348 bits per heavy atom. The van der Waals surface area contributed by atoms with Crippen LogP contribution in [0.4, 0.5) is 0 Å². The van der Waals surface area contributed by atoms with Gasteiger partial charge >= 0.3 is 11.9 Å². The summed E-state index contributed by atoms with van der Waals surface area (Å²) in [5, 5.41) is 0. The third-order valence-corrected chi connectivity index (χ3v) is 11.9. The lowest BCUT2D eigenvalue weighted by Crippen LogP contribution is -2.30. The summed E-state index contributed by atoms with van der Waals surface area (Å²) in [6, 6.07) is 0. The highest BCUT2D eigenvalue weighted by molar-refractivity contribution is 5.70. The zero-order valence-corrected chi connectivity index (χ0v) is 43.7. The van der Waals surface area contributed by atoms with E-state index in [2.05, 4.69) is 106 Å². The van der Waals surface area contributed by atoms with Crippen LogP contribution in [-0.4, -0.2) is 37.9 Å². The zero-order valence-electron chi connectivity index (χ0n) is 43.7. The van der Waals surface area contributed by atoms with Gasteiger partial charge in [0.25, 0.3) is 0 Å². The minimum absolute atomic E-state index is 0.0506. The number of allylic oxidation sites excluding steroid dienone is 13. The van der Waals surface area contributed by atoms with Crippen molar-refractivity contribution in [1.82, 2.24) is 0 Å². The van der Waals surface area contributed by atoms with E-state index in [1.807, 2.05) is 0 Å². The summed E-state index contributed by atoms with van der Waals surface area (Å²) in [5.74, 6) is -0.439. The van der Waals surface area contributed by atoms with Crippen LogP contribution in [-0.2, 0) is 23.8 Å². The smallest absolute Gasteiger partial charge is 0.306 e. The third kappa shape index (κ3) is 53.7. The predicted octanol–water partition coefficient (Wildman–Crippen LogP) is 19.2. The molecule has 380 valence electrons. The largest absolute Gasteiger partial charge is 0.462 e. The van der Waals surface area contributed by atoms with Gasteiger partial charge in [-0.2, -0.15) is 0 Å². The number of rotatable bonds is 51. The molecule has 5 heteroatoms. The number of esters is 2. The van der Waals surface area contributed by atoms with Gasteiger partial charge in [-0.25, -0.2) is 0 Å². The number of carbonyl (C=O) groups is 2. The third-order valence-electron chi connectivity index (χ3n) is 11.9. The molecule has 0 spiro atoms. The molecule has 0 aliphatic rings. The molecule has 0 saturated carbocycles. The van der Waals surface area contributed by atoms with Gasteiger partial charge in [-0.05, 0) is 83.5 Å².